The van der Waals surface area contributed by atoms with Crippen molar-refractivity contribution in [1.82, 2.24) is 0 Å². The fourth-order valence-electron chi connectivity index (χ4n) is 2.61. The number of benzene rings is 2. The lowest BCUT2D eigenvalue weighted by atomic mass is 10.1. The molecule has 0 heterocycles. The number of nitro benzene ring substituents is 1. The molecule has 0 saturated carbocycles. The van der Waals surface area contributed by atoms with Gasteiger partial charge < -0.3 is 19.3 Å². The van der Waals surface area contributed by atoms with Gasteiger partial charge in [-0.25, -0.2) is 13.2 Å². The first-order valence-electron chi connectivity index (χ1n) is 7.91. The van der Waals surface area contributed by atoms with E-state index in [1.807, 2.05) is 0 Å². The van der Waals surface area contributed by atoms with Crippen LogP contribution in [0.2, 0.25) is 0 Å². The maximum atomic E-state index is 12.9. The van der Waals surface area contributed by atoms with Crippen LogP contribution in [0, 0.1) is 17.0 Å². The summed E-state index contributed by atoms with van der Waals surface area (Å²) in [6, 6.07) is 4.39. The molecule has 0 amide bonds. The zero-order chi connectivity index (χ0) is 21.9. The lowest BCUT2D eigenvalue weighted by molar-refractivity contribution is -0.385. The molecule has 0 atom stereocenters. The van der Waals surface area contributed by atoms with Gasteiger partial charge in [-0.3, -0.25) is 14.8 Å². The molecule has 0 aromatic heterocycles. The summed E-state index contributed by atoms with van der Waals surface area (Å²) in [7, 11) is -0.689. The first-order chi connectivity index (χ1) is 13.6. The largest absolute Gasteiger partial charge is 0.493 e. The van der Waals surface area contributed by atoms with Gasteiger partial charge in [-0.2, -0.15) is 0 Å². The number of aromatic carboxylic acids is 1. The number of ether oxygens (including phenoxy) is 3. The van der Waals surface area contributed by atoms with Gasteiger partial charge in [0.1, 0.15) is 5.69 Å². The number of aryl methyl sites for hydroxylation is 1. The minimum absolute atomic E-state index is 0.0104. The Kier molecular flexibility index (Phi) is 6.17. The minimum Gasteiger partial charge on any atom is -0.493 e. The van der Waals surface area contributed by atoms with Crippen LogP contribution in [0.25, 0.3) is 0 Å². The molecule has 0 radical (unpaired) electrons. The van der Waals surface area contributed by atoms with Gasteiger partial charge in [0.2, 0.25) is 5.75 Å². The molecule has 0 fully saturated rings. The van der Waals surface area contributed by atoms with Crippen LogP contribution < -0.4 is 18.9 Å². The number of hydrogen-bond donors (Lipinski definition) is 2. The van der Waals surface area contributed by atoms with Crippen molar-refractivity contribution in [3.63, 3.8) is 0 Å². The van der Waals surface area contributed by atoms with Gasteiger partial charge in [-0.15, -0.1) is 0 Å². The van der Waals surface area contributed by atoms with E-state index in [0.29, 0.717) is 0 Å². The summed E-state index contributed by atoms with van der Waals surface area (Å²) < 4.78 is 43.4. The van der Waals surface area contributed by atoms with Gasteiger partial charge in [-0.05, 0) is 12.5 Å². The highest BCUT2D eigenvalue weighted by Crippen LogP contribution is 2.46. The third kappa shape index (κ3) is 4.16. The van der Waals surface area contributed by atoms with Crippen LogP contribution in [0.5, 0.6) is 17.2 Å². The van der Waals surface area contributed by atoms with Gasteiger partial charge in [-0.1, -0.05) is 6.07 Å². The van der Waals surface area contributed by atoms with Crippen LogP contribution in [-0.2, 0) is 10.0 Å². The maximum absolute atomic E-state index is 12.9. The monoisotopic (exact) mass is 426 g/mol. The number of hydrogen-bond acceptors (Lipinski definition) is 8. The summed E-state index contributed by atoms with van der Waals surface area (Å²) in [6.07, 6.45) is 0. The van der Waals surface area contributed by atoms with E-state index in [4.69, 9.17) is 14.2 Å². The number of rotatable bonds is 8. The number of nitrogens with zero attached hydrogens (tertiary/aromatic N) is 1. The topological polar surface area (TPSA) is 154 Å². The normalized spacial score (nSPS) is 10.9. The second-order valence-corrected chi connectivity index (χ2v) is 7.34. The molecule has 0 saturated heterocycles. The fraction of sp³-hybridized carbons (Fsp3) is 0.235. The third-order valence-corrected chi connectivity index (χ3v) is 5.46. The Morgan fingerprint density at radius 1 is 1.10 bits per heavy atom. The van der Waals surface area contributed by atoms with Crippen LogP contribution in [0.4, 0.5) is 11.4 Å². The Bertz CT molecular complexity index is 1080. The van der Waals surface area contributed by atoms with Crippen molar-refractivity contribution in [3.05, 3.63) is 45.5 Å². The van der Waals surface area contributed by atoms with Crippen LogP contribution in [0.1, 0.15) is 15.9 Å². The van der Waals surface area contributed by atoms with Crippen molar-refractivity contribution in [3.8, 4) is 17.2 Å². The maximum Gasteiger partial charge on any atom is 0.338 e. The van der Waals surface area contributed by atoms with Crippen LogP contribution in [0.15, 0.2) is 29.2 Å². The minimum atomic E-state index is -4.43. The Balaban J connectivity index is 2.74. The van der Waals surface area contributed by atoms with Gasteiger partial charge >= 0.3 is 5.97 Å². The summed E-state index contributed by atoms with van der Waals surface area (Å²) in [5, 5.41) is 20.5. The highest BCUT2D eigenvalue weighted by Gasteiger charge is 2.29. The van der Waals surface area contributed by atoms with Crippen LogP contribution in [-0.4, -0.2) is 45.7 Å². The molecule has 0 aliphatic carbocycles. The second kappa shape index (κ2) is 8.22. The molecule has 0 aliphatic rings. The molecule has 0 unspecified atom stereocenters. The van der Waals surface area contributed by atoms with E-state index < -0.39 is 37.9 Å². The first-order valence-corrected chi connectivity index (χ1v) is 9.39. The SMILES string of the molecule is COc1cc(C(=O)O)c(NS(=O)(=O)c2cc([N+](=O)[O-])ccc2C)c(OC)c1OC. The van der Waals surface area contributed by atoms with Gasteiger partial charge in [0, 0.05) is 18.2 Å². The molecule has 0 bridgehead atoms. The Hall–Kier alpha value is -3.54. The zero-order valence-electron chi connectivity index (χ0n) is 15.9. The van der Waals surface area contributed by atoms with E-state index in [1.54, 1.807) is 0 Å². The van der Waals surface area contributed by atoms with Gasteiger partial charge in [0.05, 0.1) is 36.7 Å². The highest BCUT2D eigenvalue weighted by molar-refractivity contribution is 7.92. The Morgan fingerprint density at radius 2 is 1.72 bits per heavy atom. The number of nitro groups is 1. The number of carbonyl (C=O) groups is 1. The lowest BCUT2D eigenvalue weighted by Gasteiger charge is -2.19. The number of carboxylic acids is 1. The summed E-state index contributed by atoms with van der Waals surface area (Å²) in [6.45, 7) is 1.45. The molecule has 11 nitrogen and oxygen atoms in total. The predicted molar refractivity (Wildman–Crippen MR) is 102 cm³/mol. The van der Waals surface area contributed by atoms with Crippen molar-refractivity contribution in [2.75, 3.05) is 26.1 Å². The van der Waals surface area contributed by atoms with Crippen LogP contribution >= 0.6 is 0 Å². The van der Waals surface area contributed by atoms with Gasteiger partial charge in [0.25, 0.3) is 15.7 Å². The summed E-state index contributed by atoms with van der Waals surface area (Å²) >= 11 is 0. The molecule has 0 aliphatic heterocycles. The molecule has 2 N–H and O–H groups in total. The number of carboxylic acid groups (broad SMARTS) is 1. The predicted octanol–water partition coefficient (Wildman–Crippen LogP) is 2.43. The number of anilines is 1. The van der Waals surface area contributed by atoms with Crippen molar-refractivity contribution in [2.24, 2.45) is 0 Å². The van der Waals surface area contributed by atoms with Crippen molar-refractivity contribution >= 4 is 27.4 Å². The van der Waals surface area contributed by atoms with E-state index in [1.165, 1.54) is 34.3 Å². The number of methoxy groups -OCH3 is 3. The molecular formula is C17H18N2O9S. The number of sulfonamides is 1. The Labute approximate surface area is 166 Å². The van der Waals surface area contributed by atoms with E-state index >= 15 is 0 Å². The Morgan fingerprint density at radius 3 is 2.21 bits per heavy atom. The standard InChI is InChI=1S/C17H18N2O9S/c1-9-5-6-10(19(22)23)7-13(9)29(24,25)18-14-11(17(20)21)8-12(26-2)15(27-3)16(14)28-4/h5-8,18H,1-4H3,(H,20,21). The van der Waals surface area contributed by atoms with Crippen molar-refractivity contribution in [1.29, 1.82) is 0 Å². The van der Waals surface area contributed by atoms with E-state index in [9.17, 15) is 28.4 Å². The summed E-state index contributed by atoms with van der Waals surface area (Å²) in [5.41, 5.74) is -1.09. The molecule has 2 rings (SSSR count). The van der Waals surface area contributed by atoms with E-state index in [0.717, 1.165) is 18.2 Å². The smallest absolute Gasteiger partial charge is 0.338 e. The molecule has 156 valence electrons. The summed E-state index contributed by atoms with van der Waals surface area (Å²) in [4.78, 5) is 21.6. The number of nitrogens with one attached hydrogen (secondary N) is 1. The highest BCUT2D eigenvalue weighted by atomic mass is 32.2. The molecular weight excluding hydrogens is 408 g/mol. The average molecular weight is 426 g/mol. The van der Waals surface area contributed by atoms with Crippen molar-refractivity contribution < 1.29 is 37.5 Å². The molecule has 0 spiro atoms. The quantitative estimate of drug-likeness (QED) is 0.478. The molecule has 29 heavy (non-hydrogen) atoms. The average Bonchev–Trinajstić information content (AvgIpc) is 2.66. The number of non-ortho nitro benzene ring substituents is 1. The molecule has 2 aromatic carbocycles. The van der Waals surface area contributed by atoms with Crippen molar-refractivity contribution in [2.45, 2.75) is 11.8 Å². The van der Waals surface area contributed by atoms with Gasteiger partial charge in [0.15, 0.2) is 11.5 Å². The van der Waals surface area contributed by atoms with Crippen LogP contribution in [0.3, 0.4) is 0 Å². The first kappa shape index (κ1) is 21.8. The zero-order valence-corrected chi connectivity index (χ0v) is 16.7. The lowest BCUT2D eigenvalue weighted by Crippen LogP contribution is -2.18. The fourth-order valence-corrected chi connectivity index (χ4v) is 3.96. The third-order valence-electron chi connectivity index (χ3n) is 3.97. The van der Waals surface area contributed by atoms with E-state index in [2.05, 4.69) is 4.72 Å². The second-order valence-electron chi connectivity index (χ2n) is 5.69. The molecule has 12 heteroatoms. The van der Waals surface area contributed by atoms with E-state index in [-0.39, 0.29) is 27.7 Å². The summed E-state index contributed by atoms with van der Waals surface area (Å²) in [5.74, 6) is -1.71. The molecule has 2 aromatic rings.